The first kappa shape index (κ1) is 25.4. The Labute approximate surface area is 196 Å². The van der Waals surface area contributed by atoms with Crippen molar-refractivity contribution in [3.8, 4) is 0 Å². The Kier molecular flexibility index (Phi) is 8.28. The second-order valence-corrected chi connectivity index (χ2v) is 12.4. The summed E-state index contributed by atoms with van der Waals surface area (Å²) in [5, 5.41) is 2.87. The van der Waals surface area contributed by atoms with E-state index in [1.165, 1.54) is 18.4 Å². The van der Waals surface area contributed by atoms with Gasteiger partial charge in [0.25, 0.3) is 0 Å². The summed E-state index contributed by atoms with van der Waals surface area (Å²) in [4.78, 5) is 12.7. The summed E-state index contributed by atoms with van der Waals surface area (Å²) in [6.07, 6.45) is 3.22. The van der Waals surface area contributed by atoms with Crippen LogP contribution in [-0.2, 0) is 37.7 Å². The zero-order chi connectivity index (χ0) is 24.1. The zero-order valence-electron chi connectivity index (χ0n) is 19.0. The highest BCUT2D eigenvalue weighted by atomic mass is 32.2. The van der Waals surface area contributed by atoms with Gasteiger partial charge in [-0.3, -0.25) is 4.79 Å². The molecule has 1 saturated heterocycles. The van der Waals surface area contributed by atoms with Crippen LogP contribution in [0.4, 0.5) is 0 Å². The van der Waals surface area contributed by atoms with Crippen molar-refractivity contribution in [3.63, 3.8) is 0 Å². The maximum absolute atomic E-state index is 12.6. The van der Waals surface area contributed by atoms with Gasteiger partial charge in [-0.15, -0.1) is 0 Å². The van der Waals surface area contributed by atoms with Crippen molar-refractivity contribution in [3.05, 3.63) is 59.7 Å². The Morgan fingerprint density at radius 1 is 0.848 bits per heavy atom. The predicted octanol–water partition coefficient (Wildman–Crippen LogP) is 2.01. The first-order valence-corrected chi connectivity index (χ1v) is 13.9. The molecule has 0 atom stereocenters. The van der Waals surface area contributed by atoms with Crippen LogP contribution < -0.4 is 5.32 Å². The summed E-state index contributed by atoms with van der Waals surface area (Å²) in [5.41, 5.74) is 1.84. The average molecular weight is 494 g/mol. The van der Waals surface area contributed by atoms with E-state index in [2.05, 4.69) is 5.32 Å². The highest BCUT2D eigenvalue weighted by Gasteiger charge is 2.26. The molecule has 0 unspecified atom stereocenters. The molecule has 1 amide bonds. The first-order valence-electron chi connectivity index (χ1n) is 11.0. The monoisotopic (exact) mass is 493 g/mol. The van der Waals surface area contributed by atoms with Gasteiger partial charge in [0.05, 0.1) is 9.79 Å². The molecule has 1 fully saturated rings. The van der Waals surface area contributed by atoms with Gasteiger partial charge >= 0.3 is 0 Å². The fourth-order valence-electron chi connectivity index (χ4n) is 3.64. The summed E-state index contributed by atoms with van der Waals surface area (Å²) in [7, 11) is -3.90. The van der Waals surface area contributed by atoms with Gasteiger partial charge in [-0.2, -0.15) is 4.31 Å². The molecule has 0 radical (unpaired) electrons. The fourth-order valence-corrected chi connectivity index (χ4v) is 6.06. The Morgan fingerprint density at radius 3 is 1.91 bits per heavy atom. The third kappa shape index (κ3) is 6.41. The highest BCUT2D eigenvalue weighted by Crippen LogP contribution is 2.21. The number of nitrogens with one attached hydrogen (secondary N) is 1. The normalized spacial score (nSPS) is 15.1. The van der Waals surface area contributed by atoms with E-state index >= 15 is 0 Å². The first-order chi connectivity index (χ1) is 15.6. The second kappa shape index (κ2) is 10.8. The molecule has 1 heterocycles. The van der Waals surface area contributed by atoms with Crippen molar-refractivity contribution >= 4 is 26.0 Å². The third-order valence-corrected chi connectivity index (χ3v) is 9.45. The largest absolute Gasteiger partial charge is 0.356 e. The van der Waals surface area contributed by atoms with E-state index in [0.717, 1.165) is 28.3 Å². The molecule has 0 saturated carbocycles. The lowest BCUT2D eigenvalue weighted by Gasteiger charge is -2.15. The molecular weight excluding hydrogens is 462 g/mol. The van der Waals surface area contributed by atoms with E-state index in [1.807, 2.05) is 0 Å². The molecule has 8 nitrogen and oxygen atoms in total. The maximum Gasteiger partial charge on any atom is 0.243 e. The summed E-state index contributed by atoms with van der Waals surface area (Å²) < 4.78 is 52.0. The lowest BCUT2D eigenvalue weighted by molar-refractivity contribution is -0.121. The molecule has 0 aromatic heterocycles. The van der Waals surface area contributed by atoms with Crippen LogP contribution in [0.15, 0.2) is 58.3 Å². The third-order valence-electron chi connectivity index (χ3n) is 5.70. The van der Waals surface area contributed by atoms with Crippen molar-refractivity contribution in [1.29, 1.82) is 0 Å². The SMILES string of the molecule is CN(C)S(=O)(=O)c1ccc(CCC(=O)NCCc2ccc(S(=O)(=O)N3CCCC3)cc2)cc1. The Hall–Kier alpha value is -2.27. The summed E-state index contributed by atoms with van der Waals surface area (Å²) in [5.74, 6) is -0.0896. The number of aryl methyl sites for hydroxylation is 1. The number of sulfonamides is 2. The molecule has 2 aromatic rings. The van der Waals surface area contributed by atoms with Crippen LogP contribution >= 0.6 is 0 Å². The number of benzene rings is 2. The van der Waals surface area contributed by atoms with E-state index in [4.69, 9.17) is 0 Å². The fraction of sp³-hybridized carbons (Fsp3) is 0.435. The summed E-state index contributed by atoms with van der Waals surface area (Å²) >= 11 is 0. The molecule has 0 bridgehead atoms. The quantitative estimate of drug-likeness (QED) is 0.545. The minimum absolute atomic E-state index is 0.0896. The van der Waals surface area contributed by atoms with Crippen molar-refractivity contribution in [2.45, 2.75) is 41.9 Å². The van der Waals surface area contributed by atoms with E-state index < -0.39 is 20.0 Å². The number of amides is 1. The number of hydrogen-bond acceptors (Lipinski definition) is 5. The summed E-state index contributed by atoms with van der Waals surface area (Å²) in [6, 6.07) is 13.4. The van der Waals surface area contributed by atoms with Gasteiger partial charge in [-0.1, -0.05) is 24.3 Å². The lowest BCUT2D eigenvalue weighted by atomic mass is 10.1. The molecule has 3 rings (SSSR count). The van der Waals surface area contributed by atoms with Gasteiger partial charge in [-0.05, 0) is 61.1 Å². The number of carbonyl (C=O) groups excluding carboxylic acids is 1. The van der Waals surface area contributed by atoms with Crippen molar-refractivity contribution in [2.24, 2.45) is 0 Å². The van der Waals surface area contributed by atoms with Crippen molar-refractivity contribution in [1.82, 2.24) is 13.9 Å². The van der Waals surface area contributed by atoms with Crippen molar-refractivity contribution in [2.75, 3.05) is 33.7 Å². The average Bonchev–Trinajstić information content (AvgIpc) is 3.34. The van der Waals surface area contributed by atoms with E-state index in [0.29, 0.717) is 43.8 Å². The Morgan fingerprint density at radius 2 is 1.36 bits per heavy atom. The van der Waals surface area contributed by atoms with E-state index in [1.54, 1.807) is 48.5 Å². The maximum atomic E-state index is 12.6. The predicted molar refractivity (Wildman–Crippen MR) is 127 cm³/mol. The van der Waals surface area contributed by atoms with Crippen LogP contribution in [0.25, 0.3) is 0 Å². The lowest BCUT2D eigenvalue weighted by Crippen LogP contribution is -2.28. The van der Waals surface area contributed by atoms with Gasteiger partial charge in [0.2, 0.25) is 26.0 Å². The molecule has 2 aromatic carbocycles. The molecule has 1 N–H and O–H groups in total. The second-order valence-electron chi connectivity index (χ2n) is 8.29. The van der Waals surface area contributed by atoms with Crippen LogP contribution in [0, 0.1) is 0 Å². The molecule has 33 heavy (non-hydrogen) atoms. The van der Waals surface area contributed by atoms with Crippen LogP contribution in [0.2, 0.25) is 0 Å². The molecule has 1 aliphatic rings. The van der Waals surface area contributed by atoms with Crippen molar-refractivity contribution < 1.29 is 21.6 Å². The topological polar surface area (TPSA) is 104 Å². The number of nitrogens with zero attached hydrogens (tertiary/aromatic N) is 2. The standard InChI is InChI=1S/C23H31N3O5S2/c1-25(2)32(28,29)21-10-5-19(6-11-21)9-14-23(27)24-16-15-20-7-12-22(13-8-20)33(30,31)26-17-3-4-18-26/h5-8,10-13H,3-4,9,14-18H2,1-2H3,(H,24,27). The number of carbonyl (C=O) groups is 1. The van der Waals surface area contributed by atoms with Gasteiger partial charge in [-0.25, -0.2) is 21.1 Å². The van der Waals surface area contributed by atoms with Crippen LogP contribution in [0.1, 0.15) is 30.4 Å². The summed E-state index contributed by atoms with van der Waals surface area (Å²) in [6.45, 7) is 1.61. The Bertz CT molecular complexity index is 1150. The number of rotatable bonds is 10. The molecule has 10 heteroatoms. The zero-order valence-corrected chi connectivity index (χ0v) is 20.7. The highest BCUT2D eigenvalue weighted by molar-refractivity contribution is 7.89. The number of hydrogen-bond donors (Lipinski definition) is 1. The minimum atomic E-state index is -3.46. The van der Waals surface area contributed by atoms with E-state index in [-0.39, 0.29) is 10.8 Å². The smallest absolute Gasteiger partial charge is 0.243 e. The van der Waals surface area contributed by atoms with Crippen LogP contribution in [0.5, 0.6) is 0 Å². The van der Waals surface area contributed by atoms with E-state index in [9.17, 15) is 21.6 Å². The van der Waals surface area contributed by atoms with Gasteiger partial charge < -0.3 is 5.32 Å². The minimum Gasteiger partial charge on any atom is -0.356 e. The molecule has 180 valence electrons. The van der Waals surface area contributed by atoms with Crippen LogP contribution in [-0.4, -0.2) is 65.1 Å². The molecule has 0 aliphatic carbocycles. The van der Waals surface area contributed by atoms with Gasteiger partial charge in [0.15, 0.2) is 0 Å². The molecule has 1 aliphatic heterocycles. The molecular formula is C23H31N3O5S2. The van der Waals surface area contributed by atoms with Gasteiger partial charge in [0, 0.05) is 40.2 Å². The Balaban J connectivity index is 1.43. The van der Waals surface area contributed by atoms with Crippen LogP contribution in [0.3, 0.4) is 0 Å². The molecule has 0 spiro atoms. The van der Waals surface area contributed by atoms with Gasteiger partial charge in [0.1, 0.15) is 0 Å².